The predicted molar refractivity (Wildman–Crippen MR) is 134 cm³/mol. The van der Waals surface area contributed by atoms with Crippen LogP contribution in [0.25, 0.3) is 6.08 Å². The Morgan fingerprint density at radius 3 is 2.11 bits per heavy atom. The van der Waals surface area contributed by atoms with Crippen LogP contribution in [-0.2, 0) is 19.1 Å². The van der Waals surface area contributed by atoms with Gasteiger partial charge in [-0.25, -0.2) is 13.6 Å². The van der Waals surface area contributed by atoms with Gasteiger partial charge in [0.25, 0.3) is 11.8 Å². The van der Waals surface area contributed by atoms with E-state index < -0.39 is 29.4 Å². The topological polar surface area (TPSA) is 84.9 Å². The molecule has 0 fully saturated rings. The van der Waals surface area contributed by atoms with Crippen molar-refractivity contribution in [2.45, 2.75) is 6.92 Å². The monoisotopic (exact) mass is 504 g/mol. The zero-order valence-electron chi connectivity index (χ0n) is 20.0. The molecule has 1 aliphatic rings. The van der Waals surface area contributed by atoms with Gasteiger partial charge in [-0.2, -0.15) is 0 Å². The maximum Gasteiger partial charge on any atom is 0.340 e. The van der Waals surface area contributed by atoms with Gasteiger partial charge in [0, 0.05) is 17.1 Å². The molecule has 9 heteroatoms. The Kier molecular flexibility index (Phi) is 7.43. The molecular weight excluding hydrogens is 482 g/mol. The van der Waals surface area contributed by atoms with Crippen molar-refractivity contribution in [2.24, 2.45) is 0 Å². The van der Waals surface area contributed by atoms with Crippen LogP contribution in [0.4, 0.5) is 20.2 Å². The number of allylic oxidation sites excluding steroid dienone is 1. The van der Waals surface area contributed by atoms with Gasteiger partial charge in [-0.15, -0.1) is 0 Å². The second kappa shape index (κ2) is 10.9. The number of nitrogens with one attached hydrogen (secondary N) is 1. The molecule has 3 aromatic carbocycles. The molecule has 3 aromatic rings. The first kappa shape index (κ1) is 25.3. The minimum absolute atomic E-state index is 0.106. The largest absolute Gasteiger partial charge is 0.484 e. The lowest BCUT2D eigenvalue weighted by Crippen LogP contribution is -2.24. The third-order valence-electron chi connectivity index (χ3n) is 5.56. The first-order valence-corrected chi connectivity index (χ1v) is 11.2. The lowest BCUT2D eigenvalue weighted by atomic mass is 10.0. The number of methoxy groups -OCH3 is 1. The summed E-state index contributed by atoms with van der Waals surface area (Å²) in [5.74, 6) is -2.00. The zero-order chi connectivity index (χ0) is 26.5. The van der Waals surface area contributed by atoms with Gasteiger partial charge in [-0.1, -0.05) is 12.1 Å². The van der Waals surface area contributed by atoms with Crippen molar-refractivity contribution in [2.75, 3.05) is 23.9 Å². The molecule has 1 heterocycles. The molecule has 0 atom stereocenters. The maximum absolute atomic E-state index is 13.4. The summed E-state index contributed by atoms with van der Waals surface area (Å²) in [7, 11) is 1.23. The predicted octanol–water partition coefficient (Wildman–Crippen LogP) is 4.86. The Morgan fingerprint density at radius 2 is 1.51 bits per heavy atom. The van der Waals surface area contributed by atoms with E-state index in [0.29, 0.717) is 28.4 Å². The average Bonchev–Trinajstić information content (AvgIpc) is 3.14. The van der Waals surface area contributed by atoms with E-state index in [9.17, 15) is 23.2 Å². The normalized spacial score (nSPS) is 14.2. The summed E-state index contributed by atoms with van der Waals surface area (Å²) in [6, 6.07) is 17.3. The molecule has 37 heavy (non-hydrogen) atoms. The molecule has 1 aliphatic heterocycles. The van der Waals surface area contributed by atoms with Gasteiger partial charge in [0.05, 0.1) is 18.3 Å². The minimum Gasteiger partial charge on any atom is -0.484 e. The molecule has 0 spiro atoms. The fourth-order valence-electron chi connectivity index (χ4n) is 3.79. The number of carbonyl (C=O) groups is 3. The molecule has 0 radical (unpaired) electrons. The van der Waals surface area contributed by atoms with E-state index in [1.807, 2.05) is 0 Å². The third-order valence-corrected chi connectivity index (χ3v) is 5.56. The molecule has 0 aliphatic carbocycles. The molecule has 1 N–H and O–H groups in total. The summed E-state index contributed by atoms with van der Waals surface area (Å²) in [5.41, 5.74) is 2.05. The number of hydrogen-bond donors (Lipinski definition) is 1. The Morgan fingerprint density at radius 1 is 0.919 bits per heavy atom. The summed E-state index contributed by atoms with van der Waals surface area (Å²) in [4.78, 5) is 39.2. The lowest BCUT2D eigenvalue weighted by molar-refractivity contribution is -0.136. The zero-order valence-corrected chi connectivity index (χ0v) is 20.0. The average molecular weight is 504 g/mol. The number of esters is 1. The molecule has 0 aromatic heterocycles. The smallest absolute Gasteiger partial charge is 0.340 e. The second-order valence-electron chi connectivity index (χ2n) is 8.04. The summed E-state index contributed by atoms with van der Waals surface area (Å²) in [6.07, 6.45) is 1.55. The maximum atomic E-state index is 13.4. The first-order valence-electron chi connectivity index (χ1n) is 11.2. The number of carbonyl (C=O) groups excluding carboxylic acids is 3. The van der Waals surface area contributed by atoms with Crippen molar-refractivity contribution in [1.82, 2.24) is 0 Å². The highest BCUT2D eigenvalue weighted by atomic mass is 19.1. The molecule has 188 valence electrons. The van der Waals surface area contributed by atoms with Crippen LogP contribution >= 0.6 is 0 Å². The van der Waals surface area contributed by atoms with Crippen molar-refractivity contribution in [1.29, 1.82) is 0 Å². The molecule has 7 nitrogen and oxygen atoms in total. The van der Waals surface area contributed by atoms with Crippen LogP contribution in [0.3, 0.4) is 0 Å². The highest BCUT2D eigenvalue weighted by molar-refractivity contribution is 6.23. The Hall–Kier alpha value is -4.79. The number of hydrogen-bond acceptors (Lipinski definition) is 5. The number of ether oxygens (including phenoxy) is 2. The van der Waals surface area contributed by atoms with Crippen molar-refractivity contribution in [3.05, 3.63) is 107 Å². The number of benzene rings is 3. The van der Waals surface area contributed by atoms with Crippen LogP contribution in [0, 0.1) is 11.6 Å². The van der Waals surface area contributed by atoms with Gasteiger partial charge in [-0.05, 0) is 79.2 Å². The number of nitrogens with zero attached hydrogens (tertiary/aromatic N) is 1. The van der Waals surface area contributed by atoms with Gasteiger partial charge >= 0.3 is 5.97 Å². The van der Waals surface area contributed by atoms with E-state index in [1.54, 1.807) is 37.3 Å². The van der Waals surface area contributed by atoms with Crippen molar-refractivity contribution in [3.8, 4) is 5.75 Å². The molecule has 0 unspecified atom stereocenters. The van der Waals surface area contributed by atoms with Crippen molar-refractivity contribution in [3.63, 3.8) is 0 Å². The summed E-state index contributed by atoms with van der Waals surface area (Å²) < 4.78 is 36.8. The van der Waals surface area contributed by atoms with Crippen LogP contribution in [0.15, 0.2) is 89.6 Å². The van der Waals surface area contributed by atoms with Crippen molar-refractivity contribution < 1.29 is 32.6 Å². The quantitative estimate of drug-likeness (QED) is 0.367. The lowest BCUT2D eigenvalue weighted by Gasteiger charge is -2.17. The fraction of sp³-hybridized carbons (Fsp3) is 0.107. The fourth-order valence-corrected chi connectivity index (χ4v) is 3.79. The first-order chi connectivity index (χ1) is 17.8. The Balaban J connectivity index is 1.49. The van der Waals surface area contributed by atoms with Gasteiger partial charge in [0.15, 0.2) is 6.61 Å². The molecule has 4 rings (SSSR count). The Bertz CT molecular complexity index is 1400. The second-order valence-corrected chi connectivity index (χ2v) is 8.04. The van der Waals surface area contributed by atoms with E-state index in [-0.39, 0.29) is 17.8 Å². The molecule has 0 saturated heterocycles. The van der Waals surface area contributed by atoms with Crippen molar-refractivity contribution >= 4 is 35.2 Å². The van der Waals surface area contributed by atoms with E-state index in [4.69, 9.17) is 9.47 Å². The van der Waals surface area contributed by atoms with Gasteiger partial charge in [0.2, 0.25) is 0 Å². The molecule has 0 bridgehead atoms. The van der Waals surface area contributed by atoms with Gasteiger partial charge in [0.1, 0.15) is 17.4 Å². The molecular formula is C28H22F2N2O5. The number of halogens is 2. The highest BCUT2D eigenvalue weighted by Gasteiger charge is 2.37. The number of amides is 2. The minimum atomic E-state index is -0.672. The van der Waals surface area contributed by atoms with Gasteiger partial charge in [-0.3, -0.25) is 14.5 Å². The number of rotatable bonds is 7. The summed E-state index contributed by atoms with van der Waals surface area (Å²) in [5, 5.41) is 2.60. The molecule has 2 amide bonds. The summed E-state index contributed by atoms with van der Waals surface area (Å²) >= 11 is 0. The van der Waals surface area contributed by atoms with E-state index in [0.717, 1.165) is 0 Å². The standard InChI is InChI=1S/C28H22F2N2O5/c1-17-26(28(35)36-2)24(27(34)32(17)22-11-7-20(30)8-12-22)15-18-3-13-23(14-4-18)37-16-25(33)31-21-9-5-19(29)6-10-21/h3-15H,16H2,1-2H3,(H,31,33)/b24-15-. The van der Waals surface area contributed by atoms with E-state index in [1.165, 1.54) is 60.5 Å². The van der Waals surface area contributed by atoms with Crippen LogP contribution in [-0.4, -0.2) is 31.5 Å². The highest BCUT2D eigenvalue weighted by Crippen LogP contribution is 2.35. The summed E-state index contributed by atoms with van der Waals surface area (Å²) in [6.45, 7) is 1.35. The third kappa shape index (κ3) is 5.72. The van der Waals surface area contributed by atoms with Crippen LogP contribution in [0.1, 0.15) is 12.5 Å². The van der Waals surface area contributed by atoms with Gasteiger partial charge < -0.3 is 14.8 Å². The SMILES string of the molecule is COC(=O)C1=C(C)N(c2ccc(F)cc2)C(=O)/C1=C\c1ccc(OCC(=O)Nc2ccc(F)cc2)cc1. The molecule has 0 saturated carbocycles. The van der Waals surface area contributed by atoms with E-state index >= 15 is 0 Å². The van der Waals surface area contributed by atoms with E-state index in [2.05, 4.69) is 5.32 Å². The van der Waals surface area contributed by atoms with Crippen LogP contribution < -0.4 is 15.0 Å². The number of anilines is 2. The van der Waals surface area contributed by atoms with Crippen LogP contribution in [0.2, 0.25) is 0 Å². The van der Waals surface area contributed by atoms with Crippen LogP contribution in [0.5, 0.6) is 5.75 Å². The Labute approximate surface area is 211 Å².